The van der Waals surface area contributed by atoms with Crippen molar-refractivity contribution in [3.63, 3.8) is 0 Å². The van der Waals surface area contributed by atoms with E-state index in [0.717, 1.165) is 5.56 Å². The van der Waals surface area contributed by atoms with E-state index in [-0.39, 0.29) is 18.9 Å². The molecule has 0 heterocycles. The van der Waals surface area contributed by atoms with E-state index in [1.54, 1.807) is 6.92 Å². The zero-order valence-electron chi connectivity index (χ0n) is 9.97. The first-order valence-corrected chi connectivity index (χ1v) is 5.67. The maximum atomic E-state index is 10.8. The van der Waals surface area contributed by atoms with Crippen LogP contribution in [0.2, 0.25) is 0 Å². The summed E-state index contributed by atoms with van der Waals surface area (Å²) >= 11 is 0. The van der Waals surface area contributed by atoms with Crippen molar-refractivity contribution >= 4 is 5.97 Å². The maximum absolute atomic E-state index is 10.8. The summed E-state index contributed by atoms with van der Waals surface area (Å²) in [5.74, 6) is -1.12. The Morgan fingerprint density at radius 1 is 1.41 bits per heavy atom. The molecule has 0 aliphatic carbocycles. The highest BCUT2D eigenvalue weighted by Crippen LogP contribution is 2.32. The van der Waals surface area contributed by atoms with Gasteiger partial charge in [0.05, 0.1) is 0 Å². The van der Waals surface area contributed by atoms with Crippen molar-refractivity contribution in [2.45, 2.75) is 25.3 Å². The van der Waals surface area contributed by atoms with Crippen LogP contribution < -0.4 is 5.73 Å². The zero-order chi connectivity index (χ0) is 12.9. The molecule has 0 aliphatic heterocycles. The summed E-state index contributed by atoms with van der Waals surface area (Å²) in [6.45, 7) is 1.74. The highest BCUT2D eigenvalue weighted by molar-refractivity contribution is 5.67. The van der Waals surface area contributed by atoms with Crippen LogP contribution in [0.1, 0.15) is 25.3 Å². The Bertz CT molecular complexity index is 366. The number of carboxylic acid groups (broad SMARTS) is 1. The summed E-state index contributed by atoms with van der Waals surface area (Å²) in [6.07, 6.45) is 0.344. The van der Waals surface area contributed by atoms with Gasteiger partial charge in [-0.2, -0.15) is 0 Å². The van der Waals surface area contributed by atoms with Gasteiger partial charge in [0.2, 0.25) is 0 Å². The molecule has 2 atom stereocenters. The van der Waals surface area contributed by atoms with E-state index in [9.17, 15) is 4.79 Å². The molecule has 4 nitrogen and oxygen atoms in total. The summed E-state index contributed by atoms with van der Waals surface area (Å²) in [4.78, 5) is 10.8. The van der Waals surface area contributed by atoms with Gasteiger partial charge in [-0.3, -0.25) is 4.79 Å². The van der Waals surface area contributed by atoms with E-state index in [1.165, 1.54) is 0 Å². The summed E-state index contributed by atoms with van der Waals surface area (Å²) in [5.41, 5.74) is 6.36. The predicted molar refractivity (Wildman–Crippen MR) is 65.4 cm³/mol. The van der Waals surface area contributed by atoms with Crippen molar-refractivity contribution in [2.24, 2.45) is 11.7 Å². The molecule has 1 aromatic carbocycles. The number of carbonyl (C=O) groups is 1. The number of aliphatic hydroxyl groups is 1. The van der Waals surface area contributed by atoms with Crippen molar-refractivity contribution < 1.29 is 15.0 Å². The summed E-state index contributed by atoms with van der Waals surface area (Å²) < 4.78 is 0. The average Bonchev–Trinajstić information content (AvgIpc) is 2.29. The second-order valence-electron chi connectivity index (χ2n) is 4.38. The fourth-order valence-corrected chi connectivity index (χ4v) is 2.05. The number of benzene rings is 1. The van der Waals surface area contributed by atoms with Crippen molar-refractivity contribution in [3.05, 3.63) is 35.9 Å². The fourth-order valence-electron chi connectivity index (χ4n) is 2.05. The number of aliphatic carboxylic acids is 1. The quantitative estimate of drug-likeness (QED) is 0.697. The molecule has 4 heteroatoms. The second-order valence-corrected chi connectivity index (χ2v) is 4.38. The molecule has 1 rings (SSSR count). The molecular formula is C13H19NO3. The fraction of sp³-hybridized carbons (Fsp3) is 0.462. The van der Waals surface area contributed by atoms with Gasteiger partial charge < -0.3 is 15.9 Å². The normalized spacial score (nSPS) is 16.2. The number of nitrogens with two attached hydrogens (primary N) is 1. The van der Waals surface area contributed by atoms with E-state index >= 15 is 0 Å². The Balaban J connectivity index is 3.00. The van der Waals surface area contributed by atoms with E-state index in [4.69, 9.17) is 15.9 Å². The van der Waals surface area contributed by atoms with Gasteiger partial charge >= 0.3 is 5.97 Å². The first kappa shape index (κ1) is 13.7. The smallest absolute Gasteiger partial charge is 0.303 e. The third-order valence-electron chi connectivity index (χ3n) is 3.20. The molecular weight excluding hydrogens is 218 g/mol. The largest absolute Gasteiger partial charge is 0.481 e. The van der Waals surface area contributed by atoms with E-state index in [0.29, 0.717) is 6.42 Å². The molecule has 94 valence electrons. The molecule has 0 aliphatic rings. The van der Waals surface area contributed by atoms with E-state index in [1.807, 2.05) is 30.3 Å². The van der Waals surface area contributed by atoms with Gasteiger partial charge in [0, 0.05) is 18.6 Å². The Kier molecular flexibility index (Phi) is 4.66. The maximum Gasteiger partial charge on any atom is 0.303 e. The molecule has 0 aromatic heterocycles. The topological polar surface area (TPSA) is 83.5 Å². The molecule has 1 aromatic rings. The lowest BCUT2D eigenvalue weighted by atomic mass is 9.76. The molecule has 0 amide bonds. The third-order valence-corrected chi connectivity index (χ3v) is 3.20. The molecule has 0 saturated carbocycles. The molecule has 0 radical (unpaired) electrons. The number of hydrogen-bond donors (Lipinski definition) is 3. The number of rotatable bonds is 6. The summed E-state index contributed by atoms with van der Waals surface area (Å²) in [6, 6.07) is 9.34. The standard InChI is InChI=1S/C13H19NO3/c1-10(9-12(16)17)13(14,7-8-15)11-5-3-2-4-6-11/h2-6,10,15H,7-9,14H2,1H3,(H,16,17). The Morgan fingerprint density at radius 2 is 2.00 bits per heavy atom. The lowest BCUT2D eigenvalue weighted by molar-refractivity contribution is -0.138. The third kappa shape index (κ3) is 3.28. The van der Waals surface area contributed by atoms with Crippen LogP contribution in [0.4, 0.5) is 0 Å². The zero-order valence-corrected chi connectivity index (χ0v) is 9.97. The molecule has 0 spiro atoms. The second kappa shape index (κ2) is 5.80. The van der Waals surface area contributed by atoms with Crippen LogP contribution in [-0.4, -0.2) is 22.8 Å². The predicted octanol–water partition coefficient (Wildman–Crippen LogP) is 1.33. The van der Waals surface area contributed by atoms with Crippen molar-refractivity contribution in [2.75, 3.05) is 6.61 Å². The summed E-state index contributed by atoms with van der Waals surface area (Å²) in [7, 11) is 0. The lowest BCUT2D eigenvalue weighted by Crippen LogP contribution is -2.44. The van der Waals surface area contributed by atoms with Gasteiger partial charge in [0.25, 0.3) is 0 Å². The van der Waals surface area contributed by atoms with Crippen LogP contribution in [0.5, 0.6) is 0 Å². The average molecular weight is 237 g/mol. The highest BCUT2D eigenvalue weighted by Gasteiger charge is 2.34. The lowest BCUT2D eigenvalue weighted by Gasteiger charge is -2.35. The minimum atomic E-state index is -0.874. The molecule has 0 fully saturated rings. The van der Waals surface area contributed by atoms with E-state index < -0.39 is 11.5 Å². The first-order chi connectivity index (χ1) is 8.00. The minimum absolute atomic E-state index is 0.00854. The number of carboxylic acids is 1. The van der Waals surface area contributed by atoms with Gasteiger partial charge in [0.1, 0.15) is 0 Å². The van der Waals surface area contributed by atoms with Crippen molar-refractivity contribution in [1.29, 1.82) is 0 Å². The van der Waals surface area contributed by atoms with Crippen LogP contribution in [-0.2, 0) is 10.3 Å². The van der Waals surface area contributed by atoms with Gasteiger partial charge in [-0.15, -0.1) is 0 Å². The van der Waals surface area contributed by atoms with Crippen molar-refractivity contribution in [1.82, 2.24) is 0 Å². The Morgan fingerprint density at radius 3 is 2.47 bits per heavy atom. The Labute approximate surface area is 101 Å². The molecule has 0 bridgehead atoms. The van der Waals surface area contributed by atoms with Crippen LogP contribution >= 0.6 is 0 Å². The van der Waals surface area contributed by atoms with Crippen molar-refractivity contribution in [3.8, 4) is 0 Å². The number of hydrogen-bond acceptors (Lipinski definition) is 3. The van der Waals surface area contributed by atoms with Gasteiger partial charge in [-0.25, -0.2) is 0 Å². The van der Waals surface area contributed by atoms with Crippen LogP contribution in [0.25, 0.3) is 0 Å². The van der Waals surface area contributed by atoms with Gasteiger partial charge in [-0.1, -0.05) is 37.3 Å². The highest BCUT2D eigenvalue weighted by atomic mass is 16.4. The van der Waals surface area contributed by atoms with Crippen LogP contribution in [0.15, 0.2) is 30.3 Å². The number of aliphatic hydroxyl groups excluding tert-OH is 1. The molecule has 2 unspecified atom stereocenters. The van der Waals surface area contributed by atoms with Crippen LogP contribution in [0, 0.1) is 5.92 Å². The first-order valence-electron chi connectivity index (χ1n) is 5.67. The molecule has 17 heavy (non-hydrogen) atoms. The minimum Gasteiger partial charge on any atom is -0.481 e. The van der Waals surface area contributed by atoms with Gasteiger partial charge in [0.15, 0.2) is 0 Å². The molecule has 4 N–H and O–H groups in total. The SMILES string of the molecule is CC(CC(=O)O)C(N)(CCO)c1ccccc1. The monoisotopic (exact) mass is 237 g/mol. The Hall–Kier alpha value is -1.39. The van der Waals surface area contributed by atoms with Crippen LogP contribution in [0.3, 0.4) is 0 Å². The molecule has 0 saturated heterocycles. The summed E-state index contributed by atoms with van der Waals surface area (Å²) in [5, 5.41) is 18.0. The van der Waals surface area contributed by atoms with E-state index in [2.05, 4.69) is 0 Å². The van der Waals surface area contributed by atoms with Gasteiger partial charge in [-0.05, 0) is 17.9 Å².